The standard InChI is InChI=1S/C20H30N2O3/c1-24-18-8-6-16(7-9-18)19-5-3-2-4-12-22(19)15-20(23)21-17-10-13-25-14-11-17/h6-9,17,19H,2-5,10-15H2,1H3,(H,21,23). The van der Waals surface area contributed by atoms with E-state index in [1.165, 1.54) is 18.4 Å². The Kier molecular flexibility index (Phi) is 6.70. The van der Waals surface area contributed by atoms with E-state index in [9.17, 15) is 4.79 Å². The van der Waals surface area contributed by atoms with Gasteiger partial charge in [0.15, 0.2) is 0 Å². The molecule has 138 valence electrons. The van der Waals surface area contributed by atoms with Crippen LogP contribution in [0.15, 0.2) is 24.3 Å². The van der Waals surface area contributed by atoms with Crippen LogP contribution in [-0.2, 0) is 9.53 Å². The van der Waals surface area contributed by atoms with Crippen molar-refractivity contribution in [1.82, 2.24) is 10.2 Å². The molecule has 0 aliphatic carbocycles. The van der Waals surface area contributed by atoms with Gasteiger partial charge in [-0.1, -0.05) is 25.0 Å². The molecule has 0 bridgehead atoms. The third-order valence-electron chi connectivity index (χ3n) is 5.30. The zero-order valence-corrected chi connectivity index (χ0v) is 15.2. The summed E-state index contributed by atoms with van der Waals surface area (Å²) in [6.07, 6.45) is 6.58. The molecular weight excluding hydrogens is 316 g/mol. The smallest absolute Gasteiger partial charge is 0.234 e. The summed E-state index contributed by atoms with van der Waals surface area (Å²) < 4.78 is 10.6. The predicted molar refractivity (Wildman–Crippen MR) is 97.8 cm³/mol. The number of ether oxygens (including phenoxy) is 2. The fourth-order valence-electron chi connectivity index (χ4n) is 3.86. The fraction of sp³-hybridized carbons (Fsp3) is 0.650. The van der Waals surface area contributed by atoms with Crippen molar-refractivity contribution in [3.8, 4) is 5.75 Å². The third kappa shape index (κ3) is 5.19. The number of hydrogen-bond acceptors (Lipinski definition) is 4. The summed E-state index contributed by atoms with van der Waals surface area (Å²) in [4.78, 5) is 14.9. The second kappa shape index (κ2) is 9.20. The van der Waals surface area contributed by atoms with Crippen LogP contribution in [0.5, 0.6) is 5.75 Å². The van der Waals surface area contributed by atoms with E-state index < -0.39 is 0 Å². The maximum Gasteiger partial charge on any atom is 0.234 e. The number of carbonyl (C=O) groups excluding carboxylic acids is 1. The van der Waals surface area contributed by atoms with Gasteiger partial charge in [-0.15, -0.1) is 0 Å². The van der Waals surface area contributed by atoms with Gasteiger partial charge < -0.3 is 14.8 Å². The molecule has 2 heterocycles. The largest absolute Gasteiger partial charge is 0.497 e. The zero-order chi connectivity index (χ0) is 17.5. The van der Waals surface area contributed by atoms with Crippen molar-refractivity contribution in [2.45, 2.75) is 50.6 Å². The molecule has 0 saturated carbocycles. The summed E-state index contributed by atoms with van der Waals surface area (Å²) >= 11 is 0. The van der Waals surface area contributed by atoms with Crippen molar-refractivity contribution in [3.05, 3.63) is 29.8 Å². The van der Waals surface area contributed by atoms with Crippen LogP contribution in [0.3, 0.4) is 0 Å². The molecular formula is C20H30N2O3. The van der Waals surface area contributed by atoms with Crippen molar-refractivity contribution in [2.75, 3.05) is 33.4 Å². The van der Waals surface area contributed by atoms with Crippen LogP contribution < -0.4 is 10.1 Å². The molecule has 2 fully saturated rings. The van der Waals surface area contributed by atoms with E-state index in [4.69, 9.17) is 9.47 Å². The minimum atomic E-state index is 0.146. The number of likely N-dealkylation sites (tertiary alicyclic amines) is 1. The van der Waals surface area contributed by atoms with Crippen molar-refractivity contribution >= 4 is 5.91 Å². The first kappa shape index (κ1) is 18.2. The van der Waals surface area contributed by atoms with Gasteiger partial charge in [-0.2, -0.15) is 0 Å². The first-order valence-corrected chi connectivity index (χ1v) is 9.51. The lowest BCUT2D eigenvalue weighted by atomic mass is 10.0. The molecule has 1 aromatic rings. The number of benzene rings is 1. The Hall–Kier alpha value is -1.59. The molecule has 0 aromatic heterocycles. The Morgan fingerprint density at radius 1 is 1.16 bits per heavy atom. The molecule has 1 atom stereocenters. The lowest BCUT2D eigenvalue weighted by Gasteiger charge is -2.31. The van der Waals surface area contributed by atoms with Gasteiger partial charge in [0, 0.05) is 25.3 Å². The summed E-state index contributed by atoms with van der Waals surface area (Å²) in [6.45, 7) is 2.97. The van der Waals surface area contributed by atoms with Gasteiger partial charge >= 0.3 is 0 Å². The molecule has 1 aromatic carbocycles. The Morgan fingerprint density at radius 3 is 2.64 bits per heavy atom. The summed E-state index contributed by atoms with van der Waals surface area (Å²) in [6, 6.07) is 8.89. The van der Waals surface area contributed by atoms with E-state index in [1.807, 2.05) is 12.1 Å². The lowest BCUT2D eigenvalue weighted by Crippen LogP contribution is -2.45. The van der Waals surface area contributed by atoms with Crippen molar-refractivity contribution in [2.24, 2.45) is 0 Å². The number of methoxy groups -OCH3 is 1. The van der Waals surface area contributed by atoms with Gasteiger partial charge in [-0.25, -0.2) is 0 Å². The fourth-order valence-corrected chi connectivity index (χ4v) is 3.86. The monoisotopic (exact) mass is 346 g/mol. The normalized spacial score (nSPS) is 23.0. The molecule has 2 aliphatic heterocycles. The van der Waals surface area contributed by atoms with Crippen molar-refractivity contribution in [1.29, 1.82) is 0 Å². The predicted octanol–water partition coefficient (Wildman–Crippen LogP) is 2.91. The van der Waals surface area contributed by atoms with Crippen molar-refractivity contribution < 1.29 is 14.3 Å². The van der Waals surface area contributed by atoms with E-state index in [2.05, 4.69) is 22.3 Å². The maximum atomic E-state index is 12.6. The Bertz CT molecular complexity index is 540. The van der Waals surface area contributed by atoms with Crippen LogP contribution in [0.25, 0.3) is 0 Å². The van der Waals surface area contributed by atoms with E-state index in [0.29, 0.717) is 12.6 Å². The van der Waals surface area contributed by atoms with Gasteiger partial charge in [0.2, 0.25) is 5.91 Å². The van der Waals surface area contributed by atoms with Crippen molar-refractivity contribution in [3.63, 3.8) is 0 Å². The summed E-state index contributed by atoms with van der Waals surface area (Å²) in [5, 5.41) is 3.20. The molecule has 1 amide bonds. The number of rotatable bonds is 5. The number of amides is 1. The highest BCUT2D eigenvalue weighted by Crippen LogP contribution is 2.30. The first-order valence-electron chi connectivity index (χ1n) is 9.51. The Labute approximate surface area is 150 Å². The highest BCUT2D eigenvalue weighted by Gasteiger charge is 2.25. The van der Waals surface area contributed by atoms with Gasteiger partial charge in [0.05, 0.1) is 13.7 Å². The number of hydrogen-bond donors (Lipinski definition) is 1. The SMILES string of the molecule is COc1ccc(C2CCCCCN2CC(=O)NC2CCOCC2)cc1. The van der Waals surface area contributed by atoms with Crippen LogP contribution >= 0.6 is 0 Å². The van der Waals surface area contributed by atoms with Gasteiger partial charge in [0.1, 0.15) is 5.75 Å². The molecule has 0 radical (unpaired) electrons. The van der Waals surface area contributed by atoms with Crippen LogP contribution in [0.4, 0.5) is 0 Å². The maximum absolute atomic E-state index is 12.6. The van der Waals surface area contributed by atoms with E-state index in [1.54, 1.807) is 7.11 Å². The average molecular weight is 346 g/mol. The number of nitrogens with zero attached hydrogens (tertiary/aromatic N) is 1. The van der Waals surface area contributed by atoms with E-state index in [-0.39, 0.29) is 11.9 Å². The second-order valence-corrected chi connectivity index (χ2v) is 7.06. The third-order valence-corrected chi connectivity index (χ3v) is 5.30. The molecule has 2 aliphatic rings. The lowest BCUT2D eigenvalue weighted by molar-refractivity contribution is -0.124. The van der Waals surface area contributed by atoms with E-state index >= 15 is 0 Å². The molecule has 25 heavy (non-hydrogen) atoms. The summed E-state index contributed by atoms with van der Waals surface area (Å²) in [5.41, 5.74) is 1.28. The Balaban J connectivity index is 1.63. The van der Waals surface area contributed by atoms with Crippen LogP contribution in [0.2, 0.25) is 0 Å². The second-order valence-electron chi connectivity index (χ2n) is 7.06. The molecule has 5 nitrogen and oxygen atoms in total. The molecule has 5 heteroatoms. The first-order chi connectivity index (χ1) is 12.3. The molecule has 0 spiro atoms. The average Bonchev–Trinajstić information content (AvgIpc) is 2.88. The van der Waals surface area contributed by atoms with Crippen LogP contribution in [0, 0.1) is 0 Å². The number of carbonyl (C=O) groups is 1. The van der Waals surface area contributed by atoms with Crippen LogP contribution in [-0.4, -0.2) is 50.3 Å². The van der Waals surface area contributed by atoms with Gasteiger partial charge in [-0.3, -0.25) is 9.69 Å². The molecule has 1 N–H and O–H groups in total. The van der Waals surface area contributed by atoms with Gasteiger partial charge in [0.25, 0.3) is 0 Å². The summed E-state index contributed by atoms with van der Waals surface area (Å²) in [5.74, 6) is 1.02. The summed E-state index contributed by atoms with van der Waals surface area (Å²) in [7, 11) is 1.69. The number of nitrogens with one attached hydrogen (secondary N) is 1. The van der Waals surface area contributed by atoms with E-state index in [0.717, 1.165) is 51.2 Å². The minimum Gasteiger partial charge on any atom is -0.497 e. The molecule has 2 saturated heterocycles. The highest BCUT2D eigenvalue weighted by molar-refractivity contribution is 5.78. The topological polar surface area (TPSA) is 50.8 Å². The molecule has 3 rings (SSSR count). The van der Waals surface area contributed by atoms with Gasteiger partial charge in [-0.05, 0) is 49.9 Å². The Morgan fingerprint density at radius 2 is 1.92 bits per heavy atom. The minimum absolute atomic E-state index is 0.146. The quantitative estimate of drug-likeness (QED) is 0.891. The van der Waals surface area contributed by atoms with Crippen LogP contribution in [0.1, 0.15) is 50.1 Å². The highest BCUT2D eigenvalue weighted by atomic mass is 16.5. The molecule has 1 unspecified atom stereocenters. The zero-order valence-electron chi connectivity index (χ0n) is 15.2.